The van der Waals surface area contributed by atoms with E-state index in [1.807, 2.05) is 78.9 Å². The normalized spacial score (nSPS) is 19.2. The first-order valence-corrected chi connectivity index (χ1v) is 10.0. The number of rotatable bonds is 5. The van der Waals surface area contributed by atoms with Gasteiger partial charge in [0.25, 0.3) is 0 Å². The second-order valence-electron chi connectivity index (χ2n) is 7.45. The predicted octanol–water partition coefficient (Wildman–Crippen LogP) is 5.40. The minimum atomic E-state index is -0.775. The van der Waals surface area contributed by atoms with Crippen LogP contribution in [0.3, 0.4) is 0 Å². The summed E-state index contributed by atoms with van der Waals surface area (Å²) in [6.45, 7) is 0. The standard InChI is InChI=1S/C26H23NO3/c1-30-21-13-11-18(12-14-21)20-15-25(28)23(26(29)16-20)17-27-24-10-6-5-9-22(24)19-7-3-2-4-8-19/h2-14,17,20,23H,15-16H2,1H3. The van der Waals surface area contributed by atoms with Crippen LogP contribution in [0.25, 0.3) is 11.1 Å². The van der Waals surface area contributed by atoms with Crippen LogP contribution in [0.1, 0.15) is 24.3 Å². The third-order valence-electron chi connectivity index (χ3n) is 5.53. The highest BCUT2D eigenvalue weighted by molar-refractivity contribution is 6.16. The van der Waals surface area contributed by atoms with Gasteiger partial charge in [-0.15, -0.1) is 0 Å². The molecule has 4 nitrogen and oxygen atoms in total. The molecule has 0 saturated heterocycles. The number of hydrogen-bond acceptors (Lipinski definition) is 4. The zero-order chi connectivity index (χ0) is 20.9. The summed E-state index contributed by atoms with van der Waals surface area (Å²) in [6, 6.07) is 25.3. The Kier molecular flexibility index (Phi) is 5.84. The molecule has 0 aliphatic heterocycles. The van der Waals surface area contributed by atoms with Crippen molar-refractivity contribution in [2.45, 2.75) is 18.8 Å². The van der Waals surface area contributed by atoms with Crippen LogP contribution in [0.15, 0.2) is 83.9 Å². The van der Waals surface area contributed by atoms with Crippen LogP contribution in [0.5, 0.6) is 5.75 Å². The maximum Gasteiger partial charge on any atom is 0.149 e. The fourth-order valence-electron chi connectivity index (χ4n) is 3.87. The molecule has 30 heavy (non-hydrogen) atoms. The van der Waals surface area contributed by atoms with Crippen molar-refractivity contribution >= 4 is 23.5 Å². The highest BCUT2D eigenvalue weighted by Gasteiger charge is 2.35. The molecule has 0 radical (unpaired) electrons. The van der Waals surface area contributed by atoms with Crippen molar-refractivity contribution in [3.8, 4) is 16.9 Å². The van der Waals surface area contributed by atoms with Crippen molar-refractivity contribution < 1.29 is 14.3 Å². The summed E-state index contributed by atoms with van der Waals surface area (Å²) < 4.78 is 5.18. The molecule has 4 heteroatoms. The monoisotopic (exact) mass is 397 g/mol. The summed E-state index contributed by atoms with van der Waals surface area (Å²) >= 11 is 0. The maximum atomic E-state index is 12.8. The van der Waals surface area contributed by atoms with E-state index in [1.54, 1.807) is 7.11 Å². The number of carbonyl (C=O) groups is 2. The second kappa shape index (κ2) is 8.87. The number of hydrogen-bond donors (Lipinski definition) is 0. The van der Waals surface area contributed by atoms with Crippen molar-refractivity contribution in [2.24, 2.45) is 10.9 Å². The Balaban J connectivity index is 1.52. The quantitative estimate of drug-likeness (QED) is 0.428. The van der Waals surface area contributed by atoms with Crippen molar-refractivity contribution in [2.75, 3.05) is 7.11 Å². The van der Waals surface area contributed by atoms with E-state index in [2.05, 4.69) is 4.99 Å². The molecule has 0 amide bonds. The Morgan fingerprint density at radius 3 is 2.13 bits per heavy atom. The zero-order valence-corrected chi connectivity index (χ0v) is 16.8. The third kappa shape index (κ3) is 4.23. The van der Waals surface area contributed by atoms with Crippen LogP contribution in [-0.4, -0.2) is 24.9 Å². The van der Waals surface area contributed by atoms with Gasteiger partial charge in [-0.25, -0.2) is 0 Å². The van der Waals surface area contributed by atoms with Crippen LogP contribution in [0.2, 0.25) is 0 Å². The van der Waals surface area contributed by atoms with Crippen LogP contribution in [-0.2, 0) is 9.59 Å². The van der Waals surface area contributed by atoms with Crippen LogP contribution in [0.4, 0.5) is 5.69 Å². The second-order valence-corrected chi connectivity index (χ2v) is 7.45. The zero-order valence-electron chi connectivity index (χ0n) is 16.8. The highest BCUT2D eigenvalue weighted by atomic mass is 16.5. The average molecular weight is 397 g/mol. The highest BCUT2D eigenvalue weighted by Crippen LogP contribution is 2.33. The summed E-state index contributed by atoms with van der Waals surface area (Å²) in [5.74, 6) is -0.254. The Hall–Kier alpha value is -3.53. The van der Waals surface area contributed by atoms with Gasteiger partial charge in [0.1, 0.15) is 23.2 Å². The molecule has 3 aromatic rings. The van der Waals surface area contributed by atoms with Gasteiger partial charge in [0.05, 0.1) is 12.8 Å². The molecule has 4 rings (SSSR count). The molecular formula is C26H23NO3. The first-order valence-electron chi connectivity index (χ1n) is 10.0. The molecule has 150 valence electrons. The van der Waals surface area contributed by atoms with Crippen LogP contribution in [0, 0.1) is 5.92 Å². The van der Waals surface area contributed by atoms with E-state index in [9.17, 15) is 9.59 Å². The van der Waals surface area contributed by atoms with E-state index in [4.69, 9.17) is 4.74 Å². The van der Waals surface area contributed by atoms with E-state index >= 15 is 0 Å². The van der Waals surface area contributed by atoms with Crippen molar-refractivity contribution in [3.63, 3.8) is 0 Å². The molecule has 3 aromatic carbocycles. The van der Waals surface area contributed by atoms with Gasteiger partial charge in [0.2, 0.25) is 0 Å². The number of Topliss-reactive ketones (excluding diaryl/α,β-unsaturated/α-hetero) is 2. The van der Waals surface area contributed by atoms with E-state index in [-0.39, 0.29) is 17.5 Å². The lowest BCUT2D eigenvalue weighted by atomic mass is 9.77. The van der Waals surface area contributed by atoms with Crippen molar-refractivity contribution in [1.29, 1.82) is 0 Å². The van der Waals surface area contributed by atoms with E-state index in [0.717, 1.165) is 28.1 Å². The first kappa shape index (κ1) is 19.8. The molecule has 0 spiro atoms. The Morgan fingerprint density at radius 2 is 1.47 bits per heavy atom. The average Bonchev–Trinajstić information content (AvgIpc) is 2.79. The van der Waals surface area contributed by atoms with Gasteiger partial charge in [-0.3, -0.25) is 14.6 Å². The number of aliphatic imine (C=N–C) groups is 1. The number of benzene rings is 3. The fourth-order valence-corrected chi connectivity index (χ4v) is 3.87. The van der Waals surface area contributed by atoms with E-state index in [0.29, 0.717) is 12.8 Å². The van der Waals surface area contributed by atoms with Gasteiger partial charge in [-0.2, -0.15) is 0 Å². The van der Waals surface area contributed by atoms with Crippen LogP contribution >= 0.6 is 0 Å². The number of carbonyl (C=O) groups excluding carboxylic acids is 2. The molecule has 0 atom stereocenters. The van der Waals surface area contributed by atoms with Crippen molar-refractivity contribution in [1.82, 2.24) is 0 Å². The first-order chi connectivity index (χ1) is 14.7. The van der Waals surface area contributed by atoms with Gasteiger partial charge < -0.3 is 4.74 Å². The lowest BCUT2D eigenvalue weighted by molar-refractivity contribution is -0.133. The molecule has 0 unspecified atom stereocenters. The molecule has 1 fully saturated rings. The maximum absolute atomic E-state index is 12.8. The number of ether oxygens (including phenoxy) is 1. The molecule has 1 saturated carbocycles. The SMILES string of the molecule is COc1ccc(C2CC(=O)C(C=Nc3ccccc3-c3ccccc3)C(=O)C2)cc1. The number of para-hydroxylation sites is 1. The minimum absolute atomic E-state index is 0.0759. The fraction of sp³-hybridized carbons (Fsp3) is 0.192. The molecule has 0 bridgehead atoms. The van der Waals surface area contributed by atoms with Gasteiger partial charge in [0.15, 0.2) is 0 Å². The van der Waals surface area contributed by atoms with E-state index < -0.39 is 5.92 Å². The predicted molar refractivity (Wildman–Crippen MR) is 119 cm³/mol. The number of methoxy groups -OCH3 is 1. The summed E-state index contributed by atoms with van der Waals surface area (Å²) in [6.07, 6.45) is 2.21. The largest absolute Gasteiger partial charge is 0.497 e. The van der Waals surface area contributed by atoms with Gasteiger partial charge in [-0.1, -0.05) is 60.7 Å². The lowest BCUT2D eigenvalue weighted by Gasteiger charge is -2.24. The third-order valence-corrected chi connectivity index (χ3v) is 5.53. The minimum Gasteiger partial charge on any atom is -0.497 e. The molecule has 1 aliphatic carbocycles. The van der Waals surface area contributed by atoms with Gasteiger partial charge in [-0.05, 0) is 35.2 Å². The Bertz CT molecular complexity index is 1050. The summed E-state index contributed by atoms with van der Waals surface area (Å²) in [4.78, 5) is 30.0. The molecule has 0 heterocycles. The van der Waals surface area contributed by atoms with Crippen LogP contribution < -0.4 is 4.74 Å². The van der Waals surface area contributed by atoms with Crippen molar-refractivity contribution in [3.05, 3.63) is 84.4 Å². The number of nitrogens with zero attached hydrogens (tertiary/aromatic N) is 1. The number of ketones is 2. The summed E-state index contributed by atoms with van der Waals surface area (Å²) in [5, 5.41) is 0. The summed E-state index contributed by atoms with van der Waals surface area (Å²) in [5.41, 5.74) is 3.76. The lowest BCUT2D eigenvalue weighted by Crippen LogP contribution is -2.33. The van der Waals surface area contributed by atoms with Gasteiger partial charge in [0, 0.05) is 24.6 Å². The van der Waals surface area contributed by atoms with E-state index in [1.165, 1.54) is 6.21 Å². The molecular weight excluding hydrogens is 374 g/mol. The topological polar surface area (TPSA) is 55.7 Å². The Morgan fingerprint density at radius 1 is 0.833 bits per heavy atom. The van der Waals surface area contributed by atoms with Gasteiger partial charge >= 0.3 is 0 Å². The molecule has 0 aromatic heterocycles. The smallest absolute Gasteiger partial charge is 0.149 e. The molecule has 1 aliphatic rings. The summed E-state index contributed by atoms with van der Waals surface area (Å²) in [7, 11) is 1.61. The Labute approximate surface area is 176 Å². The molecule has 0 N–H and O–H groups in total.